The van der Waals surface area contributed by atoms with Gasteiger partial charge in [-0.25, -0.2) is 4.79 Å². The fraction of sp³-hybridized carbons (Fsp3) is 0.296. The molecule has 1 atom stereocenters. The Kier molecular flexibility index (Phi) is 7.41. The first-order valence-electron chi connectivity index (χ1n) is 11.3. The highest BCUT2D eigenvalue weighted by atomic mass is 16.5. The van der Waals surface area contributed by atoms with Crippen molar-refractivity contribution in [2.45, 2.75) is 25.8 Å². The summed E-state index contributed by atoms with van der Waals surface area (Å²) in [5, 5.41) is 5.91. The minimum atomic E-state index is -0.258. The van der Waals surface area contributed by atoms with Crippen molar-refractivity contribution in [1.82, 2.24) is 4.90 Å². The molecule has 1 aliphatic heterocycles. The van der Waals surface area contributed by atoms with Crippen LogP contribution in [0, 0.1) is 5.92 Å². The van der Waals surface area contributed by atoms with Crippen LogP contribution in [0.2, 0.25) is 0 Å². The van der Waals surface area contributed by atoms with Crippen molar-refractivity contribution in [3.63, 3.8) is 0 Å². The minimum absolute atomic E-state index is 0.258. The first-order chi connectivity index (χ1) is 15.7. The number of anilines is 2. The summed E-state index contributed by atoms with van der Waals surface area (Å²) < 4.78 is 5.23. The Morgan fingerprint density at radius 3 is 2.66 bits per heavy atom. The van der Waals surface area contributed by atoms with Gasteiger partial charge in [0.25, 0.3) is 0 Å². The Morgan fingerprint density at radius 1 is 1.00 bits per heavy atom. The van der Waals surface area contributed by atoms with Crippen LogP contribution >= 0.6 is 0 Å². The monoisotopic (exact) mass is 429 g/mol. The van der Waals surface area contributed by atoms with Crippen molar-refractivity contribution in [2.24, 2.45) is 5.92 Å². The molecular formula is C27H31N3O2. The molecule has 3 aromatic rings. The van der Waals surface area contributed by atoms with Crippen LogP contribution in [0.15, 0.2) is 78.9 Å². The fourth-order valence-electron chi connectivity index (χ4n) is 4.42. The second-order valence-electron chi connectivity index (χ2n) is 8.40. The van der Waals surface area contributed by atoms with Crippen molar-refractivity contribution < 1.29 is 9.53 Å². The van der Waals surface area contributed by atoms with E-state index in [-0.39, 0.29) is 6.03 Å². The van der Waals surface area contributed by atoms with Gasteiger partial charge < -0.3 is 15.4 Å². The van der Waals surface area contributed by atoms with E-state index in [2.05, 4.69) is 51.9 Å². The molecule has 0 bridgehead atoms. The summed E-state index contributed by atoms with van der Waals surface area (Å²) in [5.41, 5.74) is 4.08. The molecule has 2 N–H and O–H groups in total. The molecule has 1 heterocycles. The molecule has 1 saturated heterocycles. The molecule has 0 aromatic heterocycles. The van der Waals surface area contributed by atoms with Crippen LogP contribution in [0.1, 0.15) is 24.0 Å². The van der Waals surface area contributed by atoms with Gasteiger partial charge in [-0.15, -0.1) is 0 Å². The highest BCUT2D eigenvalue weighted by Crippen LogP contribution is 2.25. The smallest absolute Gasteiger partial charge is 0.323 e. The number of ether oxygens (including phenoxy) is 1. The lowest BCUT2D eigenvalue weighted by molar-refractivity contribution is 0.167. The van der Waals surface area contributed by atoms with Crippen LogP contribution < -0.4 is 15.4 Å². The molecule has 0 aliphatic carbocycles. The Hall–Kier alpha value is -3.31. The van der Waals surface area contributed by atoms with E-state index in [0.717, 1.165) is 37.3 Å². The third kappa shape index (κ3) is 6.11. The minimum Gasteiger partial charge on any atom is -0.497 e. The van der Waals surface area contributed by atoms with Gasteiger partial charge >= 0.3 is 6.03 Å². The Morgan fingerprint density at radius 2 is 1.81 bits per heavy atom. The maximum absolute atomic E-state index is 12.6. The number of piperidine rings is 1. The van der Waals surface area contributed by atoms with E-state index in [0.29, 0.717) is 17.4 Å². The van der Waals surface area contributed by atoms with Crippen LogP contribution in [-0.2, 0) is 13.0 Å². The summed E-state index contributed by atoms with van der Waals surface area (Å²) >= 11 is 0. The molecule has 1 aliphatic rings. The summed E-state index contributed by atoms with van der Waals surface area (Å²) in [4.78, 5) is 15.1. The molecule has 32 heavy (non-hydrogen) atoms. The van der Waals surface area contributed by atoms with Crippen molar-refractivity contribution in [2.75, 3.05) is 30.8 Å². The van der Waals surface area contributed by atoms with Gasteiger partial charge in [0.2, 0.25) is 0 Å². The molecule has 0 saturated carbocycles. The van der Waals surface area contributed by atoms with Crippen molar-refractivity contribution in [3.8, 4) is 5.75 Å². The lowest BCUT2D eigenvalue weighted by Crippen LogP contribution is -2.36. The molecule has 3 aromatic carbocycles. The highest BCUT2D eigenvalue weighted by molar-refractivity contribution is 6.00. The molecule has 0 radical (unpaired) electrons. The number of rotatable bonds is 7. The average Bonchev–Trinajstić information content (AvgIpc) is 2.81. The summed E-state index contributed by atoms with van der Waals surface area (Å²) in [5.74, 6) is 1.38. The van der Waals surface area contributed by atoms with E-state index < -0.39 is 0 Å². The van der Waals surface area contributed by atoms with E-state index >= 15 is 0 Å². The first kappa shape index (κ1) is 21.9. The average molecular weight is 430 g/mol. The van der Waals surface area contributed by atoms with Crippen LogP contribution in [0.25, 0.3) is 0 Å². The molecule has 1 unspecified atom stereocenters. The quantitative estimate of drug-likeness (QED) is 0.499. The van der Waals surface area contributed by atoms with Crippen LogP contribution in [0.4, 0.5) is 16.2 Å². The van der Waals surface area contributed by atoms with Gasteiger partial charge in [-0.2, -0.15) is 0 Å². The Labute approximate surface area is 190 Å². The van der Waals surface area contributed by atoms with E-state index in [9.17, 15) is 4.79 Å². The summed E-state index contributed by atoms with van der Waals surface area (Å²) in [6, 6.07) is 25.9. The summed E-state index contributed by atoms with van der Waals surface area (Å²) in [6.07, 6.45) is 3.61. The maximum Gasteiger partial charge on any atom is 0.323 e. The molecule has 1 fully saturated rings. The van der Waals surface area contributed by atoms with E-state index in [1.54, 1.807) is 13.2 Å². The normalized spacial score (nSPS) is 16.3. The molecule has 166 valence electrons. The number of urea groups is 1. The SMILES string of the molecule is COc1cccc(NC(=O)Nc2ccccc2CN2CCCC(Cc3ccccc3)C2)c1. The van der Waals surface area contributed by atoms with Gasteiger partial charge in [-0.3, -0.25) is 4.90 Å². The number of nitrogens with one attached hydrogen (secondary N) is 2. The van der Waals surface area contributed by atoms with Gasteiger partial charge in [-0.05, 0) is 61.1 Å². The molecule has 5 nitrogen and oxygen atoms in total. The predicted molar refractivity (Wildman–Crippen MR) is 130 cm³/mol. The zero-order valence-corrected chi connectivity index (χ0v) is 18.6. The highest BCUT2D eigenvalue weighted by Gasteiger charge is 2.21. The van der Waals surface area contributed by atoms with Gasteiger partial charge in [0.05, 0.1) is 7.11 Å². The second-order valence-corrected chi connectivity index (χ2v) is 8.40. The fourth-order valence-corrected chi connectivity index (χ4v) is 4.42. The maximum atomic E-state index is 12.6. The van der Waals surface area contributed by atoms with E-state index in [1.807, 2.05) is 36.4 Å². The van der Waals surface area contributed by atoms with Crippen molar-refractivity contribution >= 4 is 17.4 Å². The van der Waals surface area contributed by atoms with Crippen LogP contribution in [-0.4, -0.2) is 31.1 Å². The number of hydrogen-bond acceptors (Lipinski definition) is 3. The molecular weight excluding hydrogens is 398 g/mol. The summed E-state index contributed by atoms with van der Waals surface area (Å²) in [7, 11) is 1.61. The number of benzene rings is 3. The number of carbonyl (C=O) groups is 1. The molecule has 0 spiro atoms. The van der Waals surface area contributed by atoms with Gasteiger partial charge in [0.1, 0.15) is 5.75 Å². The lowest BCUT2D eigenvalue weighted by Gasteiger charge is -2.33. The standard InChI is InChI=1S/C27H31N3O2/c1-32-25-14-7-13-24(18-25)28-27(31)29-26-15-6-5-12-23(26)20-30-16-8-11-22(19-30)17-21-9-3-2-4-10-21/h2-7,9-10,12-15,18,22H,8,11,16-17,19-20H2,1H3,(H2,28,29,31). The second kappa shape index (κ2) is 10.8. The topological polar surface area (TPSA) is 53.6 Å². The number of amides is 2. The number of hydrogen-bond donors (Lipinski definition) is 2. The third-order valence-corrected chi connectivity index (χ3v) is 5.96. The number of carbonyl (C=O) groups excluding carboxylic acids is 1. The number of nitrogens with zero attached hydrogens (tertiary/aromatic N) is 1. The Balaban J connectivity index is 1.37. The predicted octanol–water partition coefficient (Wildman–Crippen LogP) is 5.79. The third-order valence-electron chi connectivity index (χ3n) is 5.96. The molecule has 5 heteroatoms. The van der Waals surface area contributed by atoms with Crippen LogP contribution in [0.5, 0.6) is 5.75 Å². The largest absolute Gasteiger partial charge is 0.497 e. The van der Waals surface area contributed by atoms with Crippen molar-refractivity contribution in [3.05, 3.63) is 90.0 Å². The van der Waals surface area contributed by atoms with E-state index in [1.165, 1.54) is 18.4 Å². The van der Waals surface area contributed by atoms with Gasteiger partial charge in [-0.1, -0.05) is 54.6 Å². The first-order valence-corrected chi connectivity index (χ1v) is 11.3. The van der Waals surface area contributed by atoms with Crippen molar-refractivity contribution in [1.29, 1.82) is 0 Å². The zero-order valence-electron chi connectivity index (χ0n) is 18.6. The van der Waals surface area contributed by atoms with Gasteiger partial charge in [0, 0.05) is 30.5 Å². The number of para-hydroxylation sites is 1. The zero-order chi connectivity index (χ0) is 22.2. The van der Waals surface area contributed by atoms with E-state index in [4.69, 9.17) is 4.74 Å². The molecule has 2 amide bonds. The van der Waals surface area contributed by atoms with Crippen LogP contribution in [0.3, 0.4) is 0 Å². The lowest BCUT2D eigenvalue weighted by atomic mass is 9.91. The summed E-state index contributed by atoms with van der Waals surface area (Å²) in [6.45, 7) is 3.01. The van der Waals surface area contributed by atoms with Gasteiger partial charge in [0.15, 0.2) is 0 Å². The molecule has 4 rings (SSSR count). The number of methoxy groups -OCH3 is 1. The number of likely N-dealkylation sites (tertiary alicyclic amines) is 1. The Bertz CT molecular complexity index is 1020.